The van der Waals surface area contributed by atoms with Gasteiger partial charge in [0, 0.05) is 6.42 Å². The zero-order valence-electron chi connectivity index (χ0n) is 49.1. The molecule has 0 radical (unpaired) electrons. The van der Waals surface area contributed by atoms with Crippen LogP contribution in [0.1, 0.15) is 219 Å². The topological polar surface area (TPSA) is 108 Å². The van der Waals surface area contributed by atoms with Gasteiger partial charge in [-0.05, 0) is 109 Å². The lowest BCUT2D eigenvalue weighted by Crippen LogP contribution is -2.45. The van der Waals surface area contributed by atoms with Gasteiger partial charge in [-0.1, -0.05) is 250 Å². The molecule has 0 aromatic carbocycles. The molecule has 8 nitrogen and oxygen atoms in total. The fourth-order valence-corrected chi connectivity index (χ4v) is 8.57. The smallest absolute Gasteiger partial charge is 0.268 e. The third kappa shape index (κ3) is 58.1. The van der Waals surface area contributed by atoms with E-state index in [4.69, 9.17) is 9.05 Å². The fraction of sp³-hybridized carbons (Fsp3) is 0.627. The van der Waals surface area contributed by atoms with Crippen LogP contribution in [-0.4, -0.2) is 68.5 Å². The van der Waals surface area contributed by atoms with E-state index in [0.717, 1.165) is 109 Å². The summed E-state index contributed by atoms with van der Waals surface area (Å²) in [7, 11) is 1.20. The number of amides is 1. The largest absolute Gasteiger partial charge is 0.756 e. The van der Waals surface area contributed by atoms with Crippen molar-refractivity contribution in [2.45, 2.75) is 231 Å². The third-order valence-electron chi connectivity index (χ3n) is 12.5. The number of carbonyl (C=O) groups excluding carboxylic acids is 1. The highest BCUT2D eigenvalue weighted by Gasteiger charge is 2.23. The predicted molar refractivity (Wildman–Crippen MR) is 329 cm³/mol. The van der Waals surface area contributed by atoms with E-state index >= 15 is 0 Å². The number of aliphatic hydroxyl groups excluding tert-OH is 1. The van der Waals surface area contributed by atoms with Gasteiger partial charge in [0.2, 0.25) is 5.91 Å². The number of hydrogen-bond acceptors (Lipinski definition) is 6. The number of phosphoric acid groups is 1. The quantitative estimate of drug-likeness (QED) is 0.0272. The Morgan fingerprint density at radius 1 is 0.474 bits per heavy atom. The molecule has 0 spiro atoms. The first-order chi connectivity index (χ1) is 37.0. The molecular formula is C67H113N2O6P. The van der Waals surface area contributed by atoms with Gasteiger partial charge in [-0.25, -0.2) is 0 Å². The fourth-order valence-electron chi connectivity index (χ4n) is 7.84. The molecule has 76 heavy (non-hydrogen) atoms. The van der Waals surface area contributed by atoms with Gasteiger partial charge in [-0.15, -0.1) is 0 Å². The van der Waals surface area contributed by atoms with Crippen molar-refractivity contribution in [1.82, 2.24) is 5.32 Å². The highest BCUT2D eigenvalue weighted by atomic mass is 31.2. The molecule has 0 heterocycles. The van der Waals surface area contributed by atoms with Crippen molar-refractivity contribution in [3.63, 3.8) is 0 Å². The molecule has 0 aliphatic heterocycles. The van der Waals surface area contributed by atoms with E-state index in [9.17, 15) is 19.4 Å². The van der Waals surface area contributed by atoms with Crippen molar-refractivity contribution in [2.24, 2.45) is 0 Å². The molecule has 0 aromatic heterocycles. The van der Waals surface area contributed by atoms with Crippen LogP contribution in [0.3, 0.4) is 0 Å². The number of nitrogens with zero attached hydrogens (tertiary/aromatic N) is 1. The van der Waals surface area contributed by atoms with Crippen LogP contribution in [0.25, 0.3) is 0 Å². The number of quaternary nitrogens is 1. The summed E-state index contributed by atoms with van der Waals surface area (Å²) in [5.41, 5.74) is 0. The molecule has 3 unspecified atom stereocenters. The SMILES string of the molecule is CC/C=C\C/C=C\C/C=C\C/C=C\C/C=C\C/C=C\C/C=C\C/C=C\C/C=C\C/C=C\CCCCCCC(=O)NC(COP(=O)([O-])OCC[N+](C)(C)C)C(O)/C=C/CC/C=C/CCCCCCCCCCCCCCC. The zero-order valence-corrected chi connectivity index (χ0v) is 50.0. The maximum atomic E-state index is 13.0. The van der Waals surface area contributed by atoms with Crippen molar-refractivity contribution in [3.8, 4) is 0 Å². The van der Waals surface area contributed by atoms with Gasteiger partial charge in [0.1, 0.15) is 13.2 Å². The van der Waals surface area contributed by atoms with Crippen molar-refractivity contribution >= 4 is 13.7 Å². The average Bonchev–Trinajstić information content (AvgIpc) is 3.38. The first-order valence-corrected chi connectivity index (χ1v) is 31.7. The molecule has 0 aliphatic carbocycles. The number of unbranched alkanes of at least 4 members (excludes halogenated alkanes) is 18. The van der Waals surface area contributed by atoms with Crippen molar-refractivity contribution < 1.29 is 32.9 Å². The summed E-state index contributed by atoms with van der Waals surface area (Å²) in [5, 5.41) is 13.8. The van der Waals surface area contributed by atoms with Crippen molar-refractivity contribution in [2.75, 3.05) is 40.9 Å². The summed E-state index contributed by atoms with van der Waals surface area (Å²) in [6.45, 7) is 4.48. The summed E-state index contributed by atoms with van der Waals surface area (Å²) in [6.07, 6.45) is 86.4. The van der Waals surface area contributed by atoms with Crippen LogP contribution in [0.4, 0.5) is 0 Å². The Labute approximate surface area is 468 Å². The molecule has 0 fully saturated rings. The summed E-state index contributed by atoms with van der Waals surface area (Å²) < 4.78 is 23.3. The van der Waals surface area contributed by atoms with Crippen LogP contribution in [0, 0.1) is 0 Å². The van der Waals surface area contributed by atoms with Gasteiger partial charge >= 0.3 is 0 Å². The summed E-state index contributed by atoms with van der Waals surface area (Å²) in [4.78, 5) is 25.5. The van der Waals surface area contributed by atoms with Crippen LogP contribution >= 0.6 is 7.82 Å². The van der Waals surface area contributed by atoms with Gasteiger partial charge in [-0.2, -0.15) is 0 Å². The van der Waals surface area contributed by atoms with Crippen LogP contribution in [-0.2, 0) is 18.4 Å². The first kappa shape index (κ1) is 72.4. The summed E-state index contributed by atoms with van der Waals surface area (Å²) in [6, 6.07) is -0.929. The summed E-state index contributed by atoms with van der Waals surface area (Å²) in [5.74, 6) is -0.237. The Hall–Kier alpha value is -3.62. The van der Waals surface area contributed by atoms with Gasteiger partial charge in [0.15, 0.2) is 0 Å². The van der Waals surface area contributed by atoms with E-state index in [1.807, 2.05) is 27.2 Å². The van der Waals surface area contributed by atoms with Gasteiger partial charge in [0.05, 0.1) is 39.9 Å². The maximum Gasteiger partial charge on any atom is 0.268 e. The minimum Gasteiger partial charge on any atom is -0.756 e. The van der Waals surface area contributed by atoms with Crippen molar-refractivity contribution in [3.05, 3.63) is 146 Å². The van der Waals surface area contributed by atoms with E-state index in [1.54, 1.807) is 6.08 Å². The van der Waals surface area contributed by atoms with E-state index in [2.05, 4.69) is 153 Å². The third-order valence-corrected chi connectivity index (χ3v) is 13.5. The Morgan fingerprint density at radius 2 is 0.816 bits per heavy atom. The minimum atomic E-state index is -4.62. The Kier molecular flexibility index (Phi) is 53.4. The molecule has 0 rings (SSSR count). The van der Waals surface area contributed by atoms with Crippen LogP contribution in [0.2, 0.25) is 0 Å². The number of carbonyl (C=O) groups is 1. The number of rotatable bonds is 53. The number of likely N-dealkylation sites (N-methyl/N-ethyl adjacent to an activating group) is 1. The molecule has 0 saturated carbocycles. The maximum absolute atomic E-state index is 13.0. The number of phosphoric ester groups is 1. The Bertz CT molecular complexity index is 1740. The highest BCUT2D eigenvalue weighted by molar-refractivity contribution is 7.45. The zero-order chi connectivity index (χ0) is 55.6. The molecule has 432 valence electrons. The Balaban J connectivity index is 4.32. The standard InChI is InChI=1S/C67H113N2O6P/c1-6-8-10-12-14-16-18-20-22-24-26-27-28-29-30-31-32-33-34-35-36-37-38-39-40-41-43-45-47-49-51-53-55-57-59-61-67(71)68-65(64-75-76(72,73)74-63-62-69(3,4)5)66(70)60-58-56-54-52-50-48-46-44-42-25-23-21-19-17-15-13-11-9-7-2/h8,10,14,16,20,22,26-27,29-30,32-33,35-36,38-39,41,43,47,49-50,52,58,60,65-66,70H,6-7,9,11-13,15,17-19,21,23-25,28,31,34,37,40,42,44-46,48,51,53-57,59,61-64H2,1-5H3,(H-,68,71,72,73)/b10-8-,16-14-,22-20-,27-26-,30-29-,33-32-,36-35-,39-38-,43-41-,49-47-,52-50+,60-58+. The normalized spacial score (nSPS) is 14.9. The van der Waals surface area contributed by atoms with Crippen LogP contribution in [0.15, 0.2) is 146 Å². The lowest BCUT2D eigenvalue weighted by atomic mass is 10.0. The molecule has 2 N–H and O–H groups in total. The lowest BCUT2D eigenvalue weighted by molar-refractivity contribution is -0.870. The monoisotopic (exact) mass is 1070 g/mol. The lowest BCUT2D eigenvalue weighted by Gasteiger charge is -2.29. The molecular weight excluding hydrogens is 960 g/mol. The minimum absolute atomic E-state index is 0.0198. The second-order valence-electron chi connectivity index (χ2n) is 21.0. The predicted octanol–water partition coefficient (Wildman–Crippen LogP) is 18.2. The van der Waals surface area contributed by atoms with Crippen LogP contribution < -0.4 is 10.2 Å². The molecule has 0 aromatic rings. The second kappa shape index (κ2) is 56.1. The van der Waals surface area contributed by atoms with Gasteiger partial charge < -0.3 is 28.8 Å². The van der Waals surface area contributed by atoms with E-state index in [0.29, 0.717) is 23.9 Å². The Morgan fingerprint density at radius 3 is 1.22 bits per heavy atom. The molecule has 0 bridgehead atoms. The first-order valence-electron chi connectivity index (χ1n) is 30.2. The van der Waals surface area contributed by atoms with Gasteiger partial charge in [0.25, 0.3) is 7.82 Å². The van der Waals surface area contributed by atoms with Gasteiger partial charge in [-0.3, -0.25) is 9.36 Å². The number of allylic oxidation sites excluding steroid dienone is 23. The second-order valence-corrected chi connectivity index (χ2v) is 22.4. The molecule has 3 atom stereocenters. The molecule has 9 heteroatoms. The van der Waals surface area contributed by atoms with E-state index in [1.165, 1.54) is 83.5 Å². The highest BCUT2D eigenvalue weighted by Crippen LogP contribution is 2.38. The van der Waals surface area contributed by atoms with Crippen molar-refractivity contribution in [1.29, 1.82) is 0 Å². The number of hydrogen-bond donors (Lipinski definition) is 2. The molecule has 0 aliphatic rings. The van der Waals surface area contributed by atoms with E-state index < -0.39 is 26.6 Å². The number of aliphatic hydroxyl groups is 1. The summed E-state index contributed by atoms with van der Waals surface area (Å²) >= 11 is 0. The number of nitrogens with one attached hydrogen (secondary N) is 1. The molecule has 0 saturated heterocycles. The van der Waals surface area contributed by atoms with E-state index in [-0.39, 0.29) is 12.5 Å². The average molecular weight is 1070 g/mol. The van der Waals surface area contributed by atoms with Crippen LogP contribution in [0.5, 0.6) is 0 Å². The molecule has 1 amide bonds.